The molecule has 1 aliphatic rings. The summed E-state index contributed by atoms with van der Waals surface area (Å²) in [5.41, 5.74) is 0.944. The minimum atomic E-state index is 0.0427. The van der Waals surface area contributed by atoms with Crippen LogP contribution < -0.4 is 4.90 Å². The molecular weight excluding hydrogens is 228 g/mol. The lowest BCUT2D eigenvalue weighted by molar-refractivity contribution is -0.129. The minimum Gasteiger partial charge on any atom is -0.363 e. The zero-order valence-corrected chi connectivity index (χ0v) is 11.5. The maximum Gasteiger partial charge on any atom is 0.220 e. The summed E-state index contributed by atoms with van der Waals surface area (Å²) in [6, 6.07) is 2.00. The summed E-state index contributed by atoms with van der Waals surface area (Å²) in [7, 11) is 3.92. The van der Waals surface area contributed by atoms with E-state index in [0.717, 1.165) is 36.7 Å². The van der Waals surface area contributed by atoms with Crippen molar-refractivity contribution in [3.05, 3.63) is 17.6 Å². The van der Waals surface area contributed by atoms with Crippen LogP contribution in [0.15, 0.2) is 6.07 Å². The van der Waals surface area contributed by atoms with Crippen LogP contribution in [-0.4, -0.2) is 41.4 Å². The van der Waals surface area contributed by atoms with Crippen LogP contribution in [0.2, 0.25) is 0 Å². The summed E-state index contributed by atoms with van der Waals surface area (Å²) in [6.07, 6.45) is 1.98. The van der Waals surface area contributed by atoms with Gasteiger partial charge >= 0.3 is 0 Å². The van der Waals surface area contributed by atoms with E-state index in [9.17, 15) is 4.79 Å². The van der Waals surface area contributed by atoms with Crippen LogP contribution in [0.3, 0.4) is 0 Å². The second-order valence-corrected chi connectivity index (χ2v) is 4.99. The van der Waals surface area contributed by atoms with Crippen molar-refractivity contribution in [2.75, 3.05) is 25.5 Å². The lowest BCUT2D eigenvalue weighted by Gasteiger charge is -2.23. The number of anilines is 1. The molecule has 1 atom stereocenters. The highest BCUT2D eigenvalue weighted by Gasteiger charge is 2.30. The second-order valence-electron chi connectivity index (χ2n) is 4.99. The van der Waals surface area contributed by atoms with E-state index in [4.69, 9.17) is 0 Å². The molecule has 0 saturated carbocycles. The SMILES string of the molecule is CC(=O)N1CCC[C@H]1c1nc(C)cc(N(C)C)n1. The monoisotopic (exact) mass is 248 g/mol. The Hall–Kier alpha value is -1.65. The van der Waals surface area contributed by atoms with E-state index in [0.29, 0.717) is 0 Å². The first-order valence-corrected chi connectivity index (χ1v) is 6.29. The van der Waals surface area contributed by atoms with E-state index >= 15 is 0 Å². The molecule has 1 amide bonds. The summed E-state index contributed by atoms with van der Waals surface area (Å²) >= 11 is 0. The first kappa shape index (κ1) is 12.8. The number of carbonyl (C=O) groups is 1. The van der Waals surface area contributed by atoms with E-state index < -0.39 is 0 Å². The fraction of sp³-hybridized carbons (Fsp3) is 0.615. The molecule has 0 radical (unpaired) electrons. The predicted molar refractivity (Wildman–Crippen MR) is 70.5 cm³/mol. The summed E-state index contributed by atoms with van der Waals surface area (Å²) in [5.74, 6) is 1.77. The van der Waals surface area contributed by atoms with Crippen molar-refractivity contribution in [2.45, 2.75) is 32.7 Å². The largest absolute Gasteiger partial charge is 0.363 e. The van der Waals surface area contributed by atoms with Crippen molar-refractivity contribution in [1.82, 2.24) is 14.9 Å². The summed E-state index contributed by atoms with van der Waals surface area (Å²) in [5, 5.41) is 0. The highest BCUT2D eigenvalue weighted by molar-refractivity contribution is 5.74. The van der Waals surface area contributed by atoms with Crippen molar-refractivity contribution < 1.29 is 4.79 Å². The van der Waals surface area contributed by atoms with Crippen LogP contribution in [0, 0.1) is 6.92 Å². The van der Waals surface area contributed by atoms with E-state index in [1.165, 1.54) is 0 Å². The molecule has 18 heavy (non-hydrogen) atoms. The smallest absolute Gasteiger partial charge is 0.220 e. The van der Waals surface area contributed by atoms with Crippen LogP contribution >= 0.6 is 0 Å². The molecule has 1 aromatic rings. The molecule has 1 aliphatic heterocycles. The predicted octanol–water partition coefficient (Wildman–Crippen LogP) is 1.53. The highest BCUT2D eigenvalue weighted by atomic mass is 16.2. The third kappa shape index (κ3) is 2.44. The average Bonchev–Trinajstić information content (AvgIpc) is 2.76. The van der Waals surface area contributed by atoms with E-state index in [1.54, 1.807) is 6.92 Å². The van der Waals surface area contributed by atoms with Gasteiger partial charge in [0.05, 0.1) is 6.04 Å². The Bertz CT molecular complexity index is 458. The molecule has 0 unspecified atom stereocenters. The van der Waals surface area contributed by atoms with Gasteiger partial charge in [0.25, 0.3) is 0 Å². The van der Waals surface area contributed by atoms with Crippen LogP contribution in [0.25, 0.3) is 0 Å². The number of amides is 1. The van der Waals surface area contributed by atoms with Gasteiger partial charge in [-0.2, -0.15) is 0 Å². The Balaban J connectivity index is 2.35. The summed E-state index contributed by atoms with van der Waals surface area (Å²) in [4.78, 5) is 24.5. The van der Waals surface area contributed by atoms with Crippen molar-refractivity contribution in [3.63, 3.8) is 0 Å². The molecule has 2 rings (SSSR count). The molecule has 5 heteroatoms. The lowest BCUT2D eigenvalue weighted by Crippen LogP contribution is -2.29. The summed E-state index contributed by atoms with van der Waals surface area (Å²) in [6.45, 7) is 4.39. The van der Waals surface area contributed by atoms with Crippen molar-refractivity contribution in [2.24, 2.45) is 0 Å². The topological polar surface area (TPSA) is 49.3 Å². The number of rotatable bonds is 2. The highest BCUT2D eigenvalue weighted by Crippen LogP contribution is 2.30. The number of hydrogen-bond acceptors (Lipinski definition) is 4. The molecule has 0 aliphatic carbocycles. The fourth-order valence-electron chi connectivity index (χ4n) is 2.36. The normalized spacial score (nSPS) is 19.1. The van der Waals surface area contributed by atoms with Crippen LogP contribution in [0.4, 0.5) is 5.82 Å². The molecular formula is C13H20N4O. The average molecular weight is 248 g/mol. The molecule has 0 spiro atoms. The molecule has 98 valence electrons. The van der Waals surface area contributed by atoms with Gasteiger partial charge in [-0.05, 0) is 19.8 Å². The molecule has 0 aromatic carbocycles. The molecule has 1 saturated heterocycles. The molecule has 5 nitrogen and oxygen atoms in total. The van der Waals surface area contributed by atoms with Crippen molar-refractivity contribution in [3.8, 4) is 0 Å². The molecule has 0 N–H and O–H groups in total. The third-order valence-corrected chi connectivity index (χ3v) is 3.27. The number of hydrogen-bond donors (Lipinski definition) is 0. The number of aryl methyl sites for hydroxylation is 1. The first-order chi connectivity index (χ1) is 8.49. The van der Waals surface area contributed by atoms with Gasteiger partial charge < -0.3 is 9.80 Å². The van der Waals surface area contributed by atoms with E-state index in [-0.39, 0.29) is 11.9 Å². The molecule has 0 bridgehead atoms. The van der Waals surface area contributed by atoms with Gasteiger partial charge in [0.15, 0.2) is 5.82 Å². The summed E-state index contributed by atoms with van der Waals surface area (Å²) < 4.78 is 0. The first-order valence-electron chi connectivity index (χ1n) is 6.29. The van der Waals surface area contributed by atoms with Crippen LogP contribution in [0.1, 0.15) is 37.3 Å². The van der Waals surface area contributed by atoms with Gasteiger partial charge in [-0.25, -0.2) is 9.97 Å². The van der Waals surface area contributed by atoms with Gasteiger partial charge in [0.1, 0.15) is 5.82 Å². The maximum absolute atomic E-state index is 11.6. The number of likely N-dealkylation sites (tertiary alicyclic amines) is 1. The third-order valence-electron chi connectivity index (χ3n) is 3.27. The molecule has 1 aromatic heterocycles. The zero-order valence-electron chi connectivity index (χ0n) is 11.5. The van der Waals surface area contributed by atoms with E-state index in [1.807, 2.05) is 36.9 Å². The second kappa shape index (κ2) is 4.92. The Labute approximate surface area is 108 Å². The van der Waals surface area contributed by atoms with Gasteiger partial charge in [-0.3, -0.25) is 4.79 Å². The zero-order chi connectivity index (χ0) is 13.3. The van der Waals surface area contributed by atoms with Crippen molar-refractivity contribution >= 4 is 11.7 Å². The molecule has 2 heterocycles. The number of carbonyl (C=O) groups excluding carboxylic acids is 1. The van der Waals surface area contributed by atoms with Gasteiger partial charge in [-0.1, -0.05) is 0 Å². The Morgan fingerprint density at radius 2 is 2.17 bits per heavy atom. The number of aromatic nitrogens is 2. The Morgan fingerprint density at radius 3 is 2.78 bits per heavy atom. The maximum atomic E-state index is 11.6. The van der Waals surface area contributed by atoms with Crippen LogP contribution in [0.5, 0.6) is 0 Å². The quantitative estimate of drug-likeness (QED) is 0.796. The standard InChI is InChI=1S/C13H20N4O/c1-9-8-12(16(3)4)15-13(14-9)11-6-5-7-17(11)10(2)18/h8,11H,5-7H2,1-4H3/t11-/m0/s1. The fourth-order valence-corrected chi connectivity index (χ4v) is 2.36. The van der Waals surface area contributed by atoms with Gasteiger partial charge in [0, 0.05) is 39.3 Å². The van der Waals surface area contributed by atoms with E-state index in [2.05, 4.69) is 9.97 Å². The van der Waals surface area contributed by atoms with Gasteiger partial charge in [0.2, 0.25) is 5.91 Å². The molecule has 1 fully saturated rings. The minimum absolute atomic E-state index is 0.0427. The number of nitrogens with zero attached hydrogens (tertiary/aromatic N) is 4. The Morgan fingerprint density at radius 1 is 1.44 bits per heavy atom. The van der Waals surface area contributed by atoms with Crippen LogP contribution in [-0.2, 0) is 4.79 Å². The van der Waals surface area contributed by atoms with Crippen molar-refractivity contribution in [1.29, 1.82) is 0 Å². The lowest BCUT2D eigenvalue weighted by atomic mass is 10.2. The Kier molecular flexibility index (Phi) is 3.50. The van der Waals surface area contributed by atoms with Gasteiger partial charge in [-0.15, -0.1) is 0 Å².